The van der Waals surface area contributed by atoms with E-state index in [1.165, 1.54) is 6.07 Å². The number of aromatic nitrogens is 1. The molecular formula is C13H10ClNO5. The Kier molecular flexibility index (Phi) is 2.65. The highest BCUT2D eigenvalue weighted by molar-refractivity contribution is 6.32. The Hall–Kier alpha value is -2.21. The molecule has 0 saturated carbocycles. The van der Waals surface area contributed by atoms with Crippen molar-refractivity contribution < 1.29 is 23.9 Å². The fourth-order valence-electron chi connectivity index (χ4n) is 1.93. The molecule has 1 aliphatic rings. The molecule has 1 N–H and O–H groups in total. The zero-order chi connectivity index (χ0) is 14.5. The molecule has 0 radical (unpaired) electrons. The van der Waals surface area contributed by atoms with Crippen molar-refractivity contribution >= 4 is 17.6 Å². The number of carboxylic acids is 1. The van der Waals surface area contributed by atoms with Crippen molar-refractivity contribution in [3.8, 4) is 22.8 Å². The minimum atomic E-state index is -1.16. The number of hydrogen-bond donors (Lipinski definition) is 1. The molecule has 7 heteroatoms. The Bertz CT molecular complexity index is 707. The van der Waals surface area contributed by atoms with Crippen molar-refractivity contribution in [3.05, 3.63) is 28.9 Å². The monoisotopic (exact) mass is 295 g/mol. The molecule has 0 fully saturated rings. The third-order valence-corrected chi connectivity index (χ3v) is 3.01. The predicted molar refractivity (Wildman–Crippen MR) is 69.2 cm³/mol. The lowest BCUT2D eigenvalue weighted by atomic mass is 10.1. The normalized spacial score (nSPS) is 15.3. The van der Waals surface area contributed by atoms with Crippen molar-refractivity contribution in [3.63, 3.8) is 0 Å². The first kappa shape index (κ1) is 12.8. The summed E-state index contributed by atoms with van der Waals surface area (Å²) in [6.45, 7) is 3.53. The van der Waals surface area contributed by atoms with Crippen molar-refractivity contribution in [1.82, 2.24) is 5.16 Å². The number of halogens is 1. The number of carboxylic acid groups (broad SMARTS) is 1. The maximum absolute atomic E-state index is 10.8. The van der Waals surface area contributed by atoms with E-state index in [1.54, 1.807) is 26.0 Å². The minimum Gasteiger partial charge on any atom is -0.476 e. The van der Waals surface area contributed by atoms with Crippen LogP contribution in [0.5, 0.6) is 11.5 Å². The van der Waals surface area contributed by atoms with E-state index >= 15 is 0 Å². The second-order valence-corrected chi connectivity index (χ2v) is 5.18. The topological polar surface area (TPSA) is 81.8 Å². The van der Waals surface area contributed by atoms with Gasteiger partial charge in [0, 0.05) is 25.5 Å². The molecule has 104 valence electrons. The summed E-state index contributed by atoms with van der Waals surface area (Å²) in [4.78, 5) is 10.8. The fraction of sp³-hybridized carbons (Fsp3) is 0.231. The van der Waals surface area contributed by atoms with E-state index in [-0.39, 0.29) is 5.69 Å². The molecule has 1 aromatic heterocycles. The second kappa shape index (κ2) is 4.14. The standard InChI is InChI=1S/C13H10ClNO5/c1-13(2)18-10-4-6(3-7(14)11(10)19-13)9-5-8(12(16)17)15-20-9/h3-5H,1-2H3,(H,16,17). The van der Waals surface area contributed by atoms with E-state index in [4.69, 9.17) is 30.7 Å². The molecule has 2 heterocycles. The molecule has 0 bridgehead atoms. The number of ether oxygens (including phenoxy) is 2. The van der Waals surface area contributed by atoms with Gasteiger partial charge in [-0.15, -0.1) is 0 Å². The van der Waals surface area contributed by atoms with Crippen molar-refractivity contribution in [2.75, 3.05) is 0 Å². The Morgan fingerprint density at radius 1 is 1.30 bits per heavy atom. The summed E-state index contributed by atoms with van der Waals surface area (Å²) >= 11 is 6.14. The summed E-state index contributed by atoms with van der Waals surface area (Å²) in [6, 6.07) is 4.60. The molecule has 1 aliphatic heterocycles. The number of fused-ring (bicyclic) bond motifs is 1. The van der Waals surface area contributed by atoms with Gasteiger partial charge in [-0.3, -0.25) is 0 Å². The summed E-state index contributed by atoms with van der Waals surface area (Å²) < 4.78 is 16.2. The number of rotatable bonds is 2. The highest BCUT2D eigenvalue weighted by atomic mass is 35.5. The number of aromatic carboxylic acids is 1. The Morgan fingerprint density at radius 2 is 2.05 bits per heavy atom. The van der Waals surface area contributed by atoms with Gasteiger partial charge in [-0.05, 0) is 12.1 Å². The molecule has 20 heavy (non-hydrogen) atoms. The van der Waals surface area contributed by atoms with E-state index in [2.05, 4.69) is 5.16 Å². The first-order valence-corrected chi connectivity index (χ1v) is 6.15. The second-order valence-electron chi connectivity index (χ2n) is 4.77. The number of benzene rings is 1. The van der Waals surface area contributed by atoms with Gasteiger partial charge in [0.15, 0.2) is 23.0 Å². The smallest absolute Gasteiger partial charge is 0.358 e. The molecule has 3 rings (SSSR count). The third kappa shape index (κ3) is 2.08. The van der Waals surface area contributed by atoms with E-state index < -0.39 is 11.8 Å². The molecule has 1 aromatic carbocycles. The predicted octanol–water partition coefficient (Wildman–Crippen LogP) is 3.20. The molecule has 6 nitrogen and oxygen atoms in total. The third-order valence-electron chi connectivity index (χ3n) is 2.73. The van der Waals surface area contributed by atoms with E-state index in [0.29, 0.717) is 27.8 Å². The molecule has 0 unspecified atom stereocenters. The van der Waals surface area contributed by atoms with Crippen LogP contribution < -0.4 is 9.47 Å². The molecule has 0 atom stereocenters. The van der Waals surface area contributed by atoms with Crippen LogP contribution in [0.25, 0.3) is 11.3 Å². The van der Waals surface area contributed by atoms with Crippen molar-refractivity contribution in [2.24, 2.45) is 0 Å². The molecule has 0 saturated heterocycles. The van der Waals surface area contributed by atoms with E-state index in [0.717, 1.165) is 0 Å². The van der Waals surface area contributed by atoms with Gasteiger partial charge in [0.1, 0.15) is 0 Å². The van der Waals surface area contributed by atoms with Crippen LogP contribution in [-0.4, -0.2) is 22.0 Å². The zero-order valence-electron chi connectivity index (χ0n) is 10.6. The van der Waals surface area contributed by atoms with Gasteiger partial charge in [-0.1, -0.05) is 16.8 Å². The molecule has 0 spiro atoms. The van der Waals surface area contributed by atoms with Gasteiger partial charge in [-0.2, -0.15) is 0 Å². The maximum atomic E-state index is 10.8. The Labute approximate surface area is 118 Å². The summed E-state index contributed by atoms with van der Waals surface area (Å²) in [6.07, 6.45) is 0. The average molecular weight is 296 g/mol. The fourth-order valence-corrected chi connectivity index (χ4v) is 2.18. The molecule has 2 aromatic rings. The van der Waals surface area contributed by atoms with Gasteiger partial charge >= 0.3 is 5.97 Å². The molecule has 0 aliphatic carbocycles. The largest absolute Gasteiger partial charge is 0.476 e. The lowest BCUT2D eigenvalue weighted by Gasteiger charge is -2.16. The van der Waals surface area contributed by atoms with Gasteiger partial charge in [0.25, 0.3) is 0 Å². The Balaban J connectivity index is 2.04. The summed E-state index contributed by atoms with van der Waals surface area (Å²) in [5.74, 6) is -0.726. The van der Waals surface area contributed by atoms with Crippen LogP contribution in [-0.2, 0) is 0 Å². The van der Waals surface area contributed by atoms with Crippen LogP contribution in [0.15, 0.2) is 22.7 Å². The lowest BCUT2D eigenvalue weighted by molar-refractivity contribution is -0.0431. The number of carbonyl (C=O) groups is 1. The number of nitrogens with zero attached hydrogens (tertiary/aromatic N) is 1. The highest BCUT2D eigenvalue weighted by Gasteiger charge is 2.34. The van der Waals surface area contributed by atoms with E-state index in [9.17, 15) is 4.79 Å². The van der Waals surface area contributed by atoms with E-state index in [1.807, 2.05) is 0 Å². The van der Waals surface area contributed by atoms with Crippen LogP contribution in [0.3, 0.4) is 0 Å². The van der Waals surface area contributed by atoms with Gasteiger partial charge in [-0.25, -0.2) is 4.79 Å². The maximum Gasteiger partial charge on any atom is 0.358 e. The quantitative estimate of drug-likeness (QED) is 0.916. The van der Waals surface area contributed by atoms with Crippen molar-refractivity contribution in [2.45, 2.75) is 19.6 Å². The van der Waals surface area contributed by atoms with Gasteiger partial charge in [0.2, 0.25) is 5.79 Å². The Morgan fingerprint density at radius 3 is 2.70 bits per heavy atom. The highest BCUT2D eigenvalue weighted by Crippen LogP contribution is 2.46. The SMILES string of the molecule is CC1(C)Oc2cc(-c3cc(C(=O)O)no3)cc(Cl)c2O1. The lowest BCUT2D eigenvalue weighted by Crippen LogP contribution is -2.29. The van der Waals surface area contributed by atoms with Crippen LogP contribution in [0.1, 0.15) is 24.3 Å². The molecular weight excluding hydrogens is 286 g/mol. The first-order chi connectivity index (χ1) is 9.35. The van der Waals surface area contributed by atoms with Crippen LogP contribution >= 0.6 is 11.6 Å². The summed E-state index contributed by atoms with van der Waals surface area (Å²) in [5, 5.41) is 12.6. The average Bonchev–Trinajstić information content (AvgIpc) is 2.92. The first-order valence-electron chi connectivity index (χ1n) is 5.78. The van der Waals surface area contributed by atoms with Crippen LogP contribution in [0.2, 0.25) is 5.02 Å². The van der Waals surface area contributed by atoms with Gasteiger partial charge in [0.05, 0.1) is 5.02 Å². The zero-order valence-corrected chi connectivity index (χ0v) is 11.4. The van der Waals surface area contributed by atoms with Crippen molar-refractivity contribution in [1.29, 1.82) is 0 Å². The van der Waals surface area contributed by atoms with Crippen LogP contribution in [0.4, 0.5) is 0 Å². The minimum absolute atomic E-state index is 0.172. The van der Waals surface area contributed by atoms with Gasteiger partial charge < -0.3 is 19.1 Å². The number of hydrogen-bond acceptors (Lipinski definition) is 5. The van der Waals surface area contributed by atoms with Crippen LogP contribution in [0, 0.1) is 0 Å². The molecule has 0 amide bonds. The summed E-state index contributed by atoms with van der Waals surface area (Å²) in [5.41, 5.74) is 0.393. The summed E-state index contributed by atoms with van der Waals surface area (Å²) in [7, 11) is 0.